The van der Waals surface area contributed by atoms with Crippen LogP contribution >= 0.6 is 0 Å². The van der Waals surface area contributed by atoms with Crippen molar-refractivity contribution in [2.75, 3.05) is 5.32 Å². The van der Waals surface area contributed by atoms with Crippen molar-refractivity contribution in [1.29, 1.82) is 0 Å². The van der Waals surface area contributed by atoms with Gasteiger partial charge in [-0.05, 0) is 60.7 Å². The van der Waals surface area contributed by atoms with Crippen LogP contribution in [0.5, 0.6) is 0 Å². The normalized spacial score (nSPS) is 10.8. The van der Waals surface area contributed by atoms with Gasteiger partial charge in [-0.1, -0.05) is 18.2 Å². The fraction of sp³-hybridized carbons (Fsp3) is 0. The lowest BCUT2D eigenvalue weighted by molar-refractivity contribution is -0.136. The van der Waals surface area contributed by atoms with Crippen molar-refractivity contribution < 1.29 is 18.4 Å². The first-order valence-electron chi connectivity index (χ1n) is 9.80. The molecule has 4 aromatic rings. The van der Waals surface area contributed by atoms with Gasteiger partial charge in [0.15, 0.2) is 0 Å². The third-order valence-electron chi connectivity index (χ3n) is 4.56. The van der Waals surface area contributed by atoms with Gasteiger partial charge in [-0.25, -0.2) is 18.9 Å². The van der Waals surface area contributed by atoms with Crippen LogP contribution in [-0.2, 0) is 9.59 Å². The Balaban J connectivity index is 1.52. The number of nitrogens with one attached hydrogen (secondary N) is 2. The Morgan fingerprint density at radius 3 is 2.15 bits per heavy atom. The molecule has 1 heterocycles. The molecule has 0 radical (unpaired) electrons. The average Bonchev–Trinajstić information content (AvgIpc) is 3.25. The molecule has 3 aromatic carbocycles. The van der Waals surface area contributed by atoms with E-state index in [0.717, 1.165) is 17.8 Å². The van der Waals surface area contributed by atoms with Crippen molar-refractivity contribution >= 4 is 23.7 Å². The number of nitrogens with zero attached hydrogens (tertiary/aromatic N) is 3. The molecule has 0 spiro atoms. The van der Waals surface area contributed by atoms with Crippen LogP contribution in [0.25, 0.3) is 16.9 Å². The van der Waals surface area contributed by atoms with E-state index in [1.54, 1.807) is 23.0 Å². The number of carbonyl (C=O) groups is 2. The minimum absolute atomic E-state index is 0.267. The maximum absolute atomic E-state index is 13.4. The van der Waals surface area contributed by atoms with E-state index in [4.69, 9.17) is 0 Å². The highest BCUT2D eigenvalue weighted by Crippen LogP contribution is 2.23. The molecule has 0 saturated carbocycles. The lowest BCUT2D eigenvalue weighted by atomic mass is 10.1. The Hall–Kier alpha value is -4.66. The van der Waals surface area contributed by atoms with Crippen LogP contribution < -0.4 is 10.7 Å². The van der Waals surface area contributed by atoms with Crippen molar-refractivity contribution in [3.8, 4) is 16.9 Å². The Morgan fingerprint density at radius 2 is 1.48 bits per heavy atom. The molecule has 0 bridgehead atoms. The largest absolute Gasteiger partial charge is 0.329 e. The molecule has 0 saturated heterocycles. The second-order valence-corrected chi connectivity index (χ2v) is 6.88. The van der Waals surface area contributed by atoms with Gasteiger partial charge in [0.05, 0.1) is 11.9 Å². The molecule has 164 valence electrons. The summed E-state index contributed by atoms with van der Waals surface area (Å²) in [5.41, 5.74) is 4.89. The van der Waals surface area contributed by atoms with Gasteiger partial charge in [-0.3, -0.25) is 9.59 Å². The number of anilines is 1. The second-order valence-electron chi connectivity index (χ2n) is 6.88. The van der Waals surface area contributed by atoms with Gasteiger partial charge < -0.3 is 5.32 Å². The summed E-state index contributed by atoms with van der Waals surface area (Å²) in [6.45, 7) is 0. The highest BCUT2D eigenvalue weighted by molar-refractivity contribution is 6.39. The zero-order valence-electron chi connectivity index (χ0n) is 17.1. The molecule has 2 N–H and O–H groups in total. The molecule has 33 heavy (non-hydrogen) atoms. The minimum atomic E-state index is -1.01. The van der Waals surface area contributed by atoms with Gasteiger partial charge in [0.1, 0.15) is 17.3 Å². The van der Waals surface area contributed by atoms with E-state index in [9.17, 15) is 18.4 Å². The summed E-state index contributed by atoms with van der Waals surface area (Å²) in [4.78, 5) is 24.1. The summed E-state index contributed by atoms with van der Waals surface area (Å²) >= 11 is 0. The van der Waals surface area contributed by atoms with Gasteiger partial charge in [-0.15, -0.1) is 0 Å². The monoisotopic (exact) mass is 445 g/mol. The Kier molecular flexibility index (Phi) is 6.31. The number of halogens is 2. The highest BCUT2D eigenvalue weighted by atomic mass is 19.1. The van der Waals surface area contributed by atoms with E-state index in [-0.39, 0.29) is 11.5 Å². The molecule has 9 heteroatoms. The van der Waals surface area contributed by atoms with Gasteiger partial charge in [-0.2, -0.15) is 10.2 Å². The number of para-hydroxylation sites is 1. The summed E-state index contributed by atoms with van der Waals surface area (Å²) < 4.78 is 27.9. The maximum Gasteiger partial charge on any atom is 0.329 e. The number of benzene rings is 3. The molecule has 1 aromatic heterocycles. The van der Waals surface area contributed by atoms with Crippen molar-refractivity contribution in [1.82, 2.24) is 15.2 Å². The first-order chi connectivity index (χ1) is 16.0. The van der Waals surface area contributed by atoms with Crippen molar-refractivity contribution in [3.05, 3.63) is 102 Å². The maximum atomic E-state index is 13.4. The van der Waals surface area contributed by atoms with Crippen LogP contribution in [0.1, 0.15) is 5.56 Å². The topological polar surface area (TPSA) is 88.4 Å². The van der Waals surface area contributed by atoms with Crippen molar-refractivity contribution in [2.45, 2.75) is 0 Å². The lowest BCUT2D eigenvalue weighted by Gasteiger charge is -2.03. The fourth-order valence-electron chi connectivity index (χ4n) is 2.96. The van der Waals surface area contributed by atoms with E-state index in [2.05, 4.69) is 20.9 Å². The zero-order valence-corrected chi connectivity index (χ0v) is 17.1. The number of aromatic nitrogens is 2. The SMILES string of the molecule is O=C(N/N=C/c1cn(-c2ccccc2)nc1-c1ccc(F)cc1)C(=O)Nc1ccc(F)cc1. The Morgan fingerprint density at radius 1 is 0.848 bits per heavy atom. The molecule has 0 atom stereocenters. The third-order valence-corrected chi connectivity index (χ3v) is 4.56. The minimum Gasteiger partial charge on any atom is -0.318 e. The predicted octanol–water partition coefficient (Wildman–Crippen LogP) is 3.91. The number of rotatable bonds is 5. The van der Waals surface area contributed by atoms with Crippen LogP contribution in [-0.4, -0.2) is 27.8 Å². The number of amides is 2. The molecular weight excluding hydrogens is 428 g/mol. The number of carbonyl (C=O) groups excluding carboxylic acids is 2. The average molecular weight is 445 g/mol. The summed E-state index contributed by atoms with van der Waals surface area (Å²) in [5, 5.41) is 10.8. The molecular formula is C24H17F2N5O2. The first kappa shape index (κ1) is 21.6. The molecule has 2 amide bonds. The van der Waals surface area contributed by atoms with Gasteiger partial charge in [0, 0.05) is 23.0 Å². The first-order valence-corrected chi connectivity index (χ1v) is 9.80. The standard InChI is InChI=1S/C24H17F2N5O2/c25-18-8-6-16(7-9-18)22-17(15-31(30-22)21-4-2-1-3-5-21)14-27-29-24(33)23(32)28-20-12-10-19(26)11-13-20/h1-15H,(H,28,32)(H,29,33)/b27-14+. The van der Waals surface area contributed by atoms with E-state index in [1.165, 1.54) is 30.5 Å². The number of hydrazone groups is 1. The quantitative estimate of drug-likeness (QED) is 0.277. The van der Waals surface area contributed by atoms with E-state index in [0.29, 0.717) is 16.8 Å². The Bertz CT molecular complexity index is 1300. The third kappa shape index (κ3) is 5.34. The molecule has 4 rings (SSSR count). The van der Waals surface area contributed by atoms with Gasteiger partial charge in [0.25, 0.3) is 0 Å². The summed E-state index contributed by atoms with van der Waals surface area (Å²) in [6, 6.07) is 20.1. The summed E-state index contributed by atoms with van der Waals surface area (Å²) in [5.74, 6) is -2.81. The van der Waals surface area contributed by atoms with E-state index >= 15 is 0 Å². The smallest absolute Gasteiger partial charge is 0.318 e. The molecule has 0 unspecified atom stereocenters. The molecule has 0 aliphatic rings. The number of hydrogen-bond donors (Lipinski definition) is 2. The predicted molar refractivity (Wildman–Crippen MR) is 120 cm³/mol. The van der Waals surface area contributed by atoms with Crippen LogP contribution in [0, 0.1) is 11.6 Å². The number of hydrogen-bond acceptors (Lipinski definition) is 4. The van der Waals surface area contributed by atoms with E-state index in [1.807, 2.05) is 30.3 Å². The molecule has 0 aliphatic carbocycles. The summed E-state index contributed by atoms with van der Waals surface area (Å²) in [7, 11) is 0. The van der Waals surface area contributed by atoms with Crippen LogP contribution in [0.15, 0.2) is 90.2 Å². The lowest BCUT2D eigenvalue weighted by Crippen LogP contribution is -2.32. The van der Waals surface area contributed by atoms with Crippen molar-refractivity contribution in [2.24, 2.45) is 5.10 Å². The fourth-order valence-corrected chi connectivity index (χ4v) is 2.96. The highest BCUT2D eigenvalue weighted by Gasteiger charge is 2.14. The van der Waals surface area contributed by atoms with Crippen molar-refractivity contribution in [3.63, 3.8) is 0 Å². The zero-order chi connectivity index (χ0) is 23.2. The molecule has 0 fully saturated rings. The molecule has 0 aliphatic heterocycles. The van der Waals surface area contributed by atoms with Crippen LogP contribution in [0.2, 0.25) is 0 Å². The Labute approximate surface area is 187 Å². The van der Waals surface area contributed by atoms with Gasteiger partial charge >= 0.3 is 11.8 Å². The van der Waals surface area contributed by atoms with Crippen LogP contribution in [0.3, 0.4) is 0 Å². The van der Waals surface area contributed by atoms with E-state index < -0.39 is 17.6 Å². The molecule has 7 nitrogen and oxygen atoms in total. The second kappa shape index (κ2) is 9.65. The summed E-state index contributed by atoms with van der Waals surface area (Å²) in [6.07, 6.45) is 3.04. The van der Waals surface area contributed by atoms with Crippen LogP contribution in [0.4, 0.5) is 14.5 Å². The van der Waals surface area contributed by atoms with Gasteiger partial charge in [0.2, 0.25) is 0 Å².